The van der Waals surface area contributed by atoms with Crippen LogP contribution in [0, 0.1) is 27.7 Å². The number of rotatable bonds is 9. The van der Waals surface area contributed by atoms with E-state index in [4.69, 9.17) is 16.6 Å². The number of imidazole rings is 1. The van der Waals surface area contributed by atoms with E-state index in [1.807, 2.05) is 0 Å². The summed E-state index contributed by atoms with van der Waals surface area (Å²) < 4.78 is 2.39. The number of nitrogens with zero attached hydrogens (tertiary/aromatic N) is 2. The second-order valence-corrected chi connectivity index (χ2v) is 9.86. The van der Waals surface area contributed by atoms with Crippen LogP contribution in [0.2, 0.25) is 5.02 Å². The maximum Gasteiger partial charge on any atom is 0.251 e. The summed E-state index contributed by atoms with van der Waals surface area (Å²) in [4.78, 5) is 17.3. The van der Waals surface area contributed by atoms with E-state index in [1.165, 1.54) is 33.3 Å². The lowest BCUT2D eigenvalue weighted by Gasteiger charge is -2.18. The summed E-state index contributed by atoms with van der Waals surface area (Å²) in [5.74, 6) is 1.06. The number of fused-ring (bicyclic) bond motifs is 1. The topological polar surface area (TPSA) is 46.9 Å². The number of halogens is 1. The molecule has 35 heavy (non-hydrogen) atoms. The molecule has 0 aliphatic carbocycles. The fourth-order valence-corrected chi connectivity index (χ4v) is 4.90. The number of carbonyl (C=O) groups is 1. The van der Waals surface area contributed by atoms with Gasteiger partial charge in [0.15, 0.2) is 0 Å². The highest BCUT2D eigenvalue weighted by Gasteiger charge is 2.15. The lowest BCUT2D eigenvalue weighted by molar-refractivity contribution is 0.0953. The molecule has 1 heterocycles. The van der Waals surface area contributed by atoms with Crippen LogP contribution in [-0.2, 0) is 13.0 Å². The van der Waals surface area contributed by atoms with Crippen molar-refractivity contribution in [1.82, 2.24) is 14.9 Å². The van der Waals surface area contributed by atoms with Gasteiger partial charge < -0.3 is 9.88 Å². The Balaban J connectivity index is 1.40. The summed E-state index contributed by atoms with van der Waals surface area (Å²) in [6.45, 7) is 10.3. The summed E-state index contributed by atoms with van der Waals surface area (Å²) in [6.07, 6.45) is 3.91. The first kappa shape index (κ1) is 25.0. The first-order valence-electron chi connectivity index (χ1n) is 12.4. The molecule has 1 amide bonds. The van der Waals surface area contributed by atoms with E-state index in [0.29, 0.717) is 17.1 Å². The van der Waals surface area contributed by atoms with Crippen LogP contribution in [0.4, 0.5) is 0 Å². The first-order chi connectivity index (χ1) is 16.8. The summed E-state index contributed by atoms with van der Waals surface area (Å²) in [6, 6.07) is 17.7. The Morgan fingerprint density at radius 2 is 1.66 bits per heavy atom. The fraction of sp³-hybridized carbons (Fsp3) is 0.333. The molecule has 0 atom stereocenters. The maximum atomic E-state index is 12.3. The van der Waals surface area contributed by atoms with Gasteiger partial charge in [0.1, 0.15) is 5.82 Å². The quantitative estimate of drug-likeness (QED) is 0.255. The van der Waals surface area contributed by atoms with Crippen molar-refractivity contribution < 1.29 is 4.79 Å². The molecule has 0 saturated heterocycles. The summed E-state index contributed by atoms with van der Waals surface area (Å²) in [5, 5.41) is 3.57. The monoisotopic (exact) mass is 487 g/mol. The third-order valence-corrected chi connectivity index (χ3v) is 7.26. The lowest BCUT2D eigenvalue weighted by Crippen LogP contribution is -2.24. The third kappa shape index (κ3) is 5.76. The molecule has 0 saturated carbocycles. The standard InChI is InChI=1S/C30H34ClN3O/c1-20-17-21(2)23(4)26(22(20)3)19-34-28-14-8-7-13-27(28)33-29(34)15-6-5-9-16-32-30(35)24-11-10-12-25(31)18-24/h7-8,10-14,17-18H,5-6,9,15-16,19H2,1-4H3,(H,32,35). The van der Waals surface area contributed by atoms with Crippen LogP contribution in [0.5, 0.6) is 0 Å². The molecule has 182 valence electrons. The van der Waals surface area contributed by atoms with Crippen LogP contribution in [0.3, 0.4) is 0 Å². The smallest absolute Gasteiger partial charge is 0.251 e. The van der Waals surface area contributed by atoms with Crippen molar-refractivity contribution in [2.24, 2.45) is 0 Å². The Morgan fingerprint density at radius 1 is 0.914 bits per heavy atom. The van der Waals surface area contributed by atoms with Gasteiger partial charge in [0.05, 0.1) is 11.0 Å². The molecule has 0 aliphatic rings. The molecule has 5 heteroatoms. The molecular weight excluding hydrogens is 454 g/mol. The van der Waals surface area contributed by atoms with Gasteiger partial charge in [-0.05, 0) is 98.7 Å². The predicted molar refractivity (Wildman–Crippen MR) is 146 cm³/mol. The second-order valence-electron chi connectivity index (χ2n) is 9.42. The van der Waals surface area contributed by atoms with E-state index >= 15 is 0 Å². The third-order valence-electron chi connectivity index (χ3n) is 7.02. The molecule has 0 unspecified atom stereocenters. The molecule has 4 nitrogen and oxygen atoms in total. The molecule has 0 radical (unpaired) electrons. The predicted octanol–water partition coefficient (Wildman–Crippen LogP) is 7.11. The van der Waals surface area contributed by atoms with Crippen LogP contribution >= 0.6 is 11.6 Å². The number of aryl methyl sites for hydroxylation is 3. The van der Waals surface area contributed by atoms with Gasteiger partial charge >= 0.3 is 0 Å². The number of hydrogen-bond acceptors (Lipinski definition) is 2. The first-order valence-corrected chi connectivity index (χ1v) is 12.8. The molecule has 1 N–H and O–H groups in total. The van der Waals surface area contributed by atoms with Crippen molar-refractivity contribution >= 4 is 28.5 Å². The molecule has 4 aromatic rings. The molecule has 0 spiro atoms. The Labute approximate surface area is 213 Å². The molecule has 0 fully saturated rings. The Bertz CT molecular complexity index is 1330. The van der Waals surface area contributed by atoms with Gasteiger partial charge in [-0.2, -0.15) is 0 Å². The normalized spacial score (nSPS) is 11.2. The summed E-state index contributed by atoms with van der Waals surface area (Å²) in [5.41, 5.74) is 9.66. The van der Waals surface area contributed by atoms with Gasteiger partial charge in [0.25, 0.3) is 5.91 Å². The number of nitrogens with one attached hydrogen (secondary N) is 1. The zero-order valence-corrected chi connectivity index (χ0v) is 21.9. The highest BCUT2D eigenvalue weighted by molar-refractivity contribution is 6.30. The van der Waals surface area contributed by atoms with Crippen LogP contribution < -0.4 is 5.32 Å². The van der Waals surface area contributed by atoms with E-state index in [0.717, 1.165) is 43.6 Å². The summed E-state index contributed by atoms with van der Waals surface area (Å²) >= 11 is 5.99. The molecule has 0 aliphatic heterocycles. The second kappa shape index (κ2) is 11.1. The largest absolute Gasteiger partial charge is 0.352 e. The number of benzene rings is 3. The lowest BCUT2D eigenvalue weighted by atomic mass is 9.94. The number of amides is 1. The van der Waals surface area contributed by atoms with Gasteiger partial charge in [-0.25, -0.2) is 4.98 Å². The van der Waals surface area contributed by atoms with E-state index in [9.17, 15) is 4.79 Å². The maximum absolute atomic E-state index is 12.3. The van der Waals surface area contributed by atoms with Crippen molar-refractivity contribution in [3.63, 3.8) is 0 Å². The Hall–Kier alpha value is -3.11. The number of hydrogen-bond donors (Lipinski definition) is 1. The number of aromatic nitrogens is 2. The average molecular weight is 488 g/mol. The van der Waals surface area contributed by atoms with Crippen molar-refractivity contribution in [3.05, 3.63) is 98.8 Å². The van der Waals surface area contributed by atoms with E-state index in [-0.39, 0.29) is 5.91 Å². The zero-order valence-electron chi connectivity index (χ0n) is 21.1. The fourth-order valence-electron chi connectivity index (χ4n) is 4.71. The van der Waals surface area contributed by atoms with Crippen LogP contribution in [0.25, 0.3) is 11.0 Å². The molecule has 1 aromatic heterocycles. The van der Waals surface area contributed by atoms with E-state index in [1.54, 1.807) is 24.3 Å². The molecule has 4 rings (SSSR count). The number of unbranched alkanes of at least 4 members (excludes halogenated alkanes) is 2. The zero-order chi connectivity index (χ0) is 24.9. The minimum Gasteiger partial charge on any atom is -0.352 e. The number of para-hydroxylation sites is 2. The molecule has 3 aromatic carbocycles. The summed E-state index contributed by atoms with van der Waals surface area (Å²) in [7, 11) is 0. The van der Waals surface area contributed by atoms with Gasteiger partial charge in [-0.3, -0.25) is 4.79 Å². The molecular formula is C30H34ClN3O. The van der Waals surface area contributed by atoms with Crippen LogP contribution in [0.15, 0.2) is 54.6 Å². The number of carbonyl (C=O) groups excluding carboxylic acids is 1. The highest BCUT2D eigenvalue weighted by Crippen LogP contribution is 2.26. The van der Waals surface area contributed by atoms with Crippen molar-refractivity contribution in [3.8, 4) is 0 Å². The minimum atomic E-state index is -0.0755. The van der Waals surface area contributed by atoms with Gasteiger partial charge in [0, 0.05) is 30.1 Å². The minimum absolute atomic E-state index is 0.0755. The van der Waals surface area contributed by atoms with Crippen molar-refractivity contribution in [2.45, 2.75) is 59.9 Å². The van der Waals surface area contributed by atoms with Crippen LogP contribution in [-0.4, -0.2) is 22.0 Å². The highest BCUT2D eigenvalue weighted by atomic mass is 35.5. The van der Waals surface area contributed by atoms with Crippen molar-refractivity contribution in [2.75, 3.05) is 6.54 Å². The van der Waals surface area contributed by atoms with Crippen molar-refractivity contribution in [1.29, 1.82) is 0 Å². The molecule has 0 bridgehead atoms. The van der Waals surface area contributed by atoms with Crippen LogP contribution in [0.1, 0.15) is 63.3 Å². The van der Waals surface area contributed by atoms with Gasteiger partial charge in [0.2, 0.25) is 0 Å². The van der Waals surface area contributed by atoms with E-state index in [2.05, 4.69) is 67.9 Å². The SMILES string of the molecule is Cc1cc(C)c(C)c(Cn2c(CCCCCNC(=O)c3cccc(Cl)c3)nc3ccccc32)c1C. The van der Waals surface area contributed by atoms with Gasteiger partial charge in [-0.1, -0.05) is 42.3 Å². The van der Waals surface area contributed by atoms with E-state index < -0.39 is 0 Å². The Morgan fingerprint density at radius 3 is 2.40 bits per heavy atom. The Kier molecular flexibility index (Phi) is 7.92. The van der Waals surface area contributed by atoms with Gasteiger partial charge in [-0.15, -0.1) is 0 Å². The average Bonchev–Trinajstić information content (AvgIpc) is 3.19.